The highest BCUT2D eigenvalue weighted by Crippen LogP contribution is 2.32. The number of nitrogens with two attached hydrogens (primary N) is 1. The van der Waals surface area contributed by atoms with Crippen LogP contribution >= 0.6 is 0 Å². The number of nitrogens with zero attached hydrogens (tertiary/aromatic N) is 2. The van der Waals surface area contributed by atoms with Crippen LogP contribution in [-0.2, 0) is 0 Å². The van der Waals surface area contributed by atoms with E-state index in [-0.39, 0.29) is 0 Å². The van der Waals surface area contributed by atoms with Crippen LogP contribution in [0, 0.1) is 0 Å². The number of hydrogen-bond donors (Lipinski definition) is 1. The largest absolute Gasteiger partial charge is 0.384 e. The van der Waals surface area contributed by atoms with Gasteiger partial charge in [-0.25, -0.2) is 9.97 Å². The van der Waals surface area contributed by atoms with Crippen LogP contribution in [-0.4, -0.2) is 9.97 Å². The van der Waals surface area contributed by atoms with Crippen molar-refractivity contribution >= 4 is 5.82 Å². The fourth-order valence-corrected chi connectivity index (χ4v) is 2.90. The van der Waals surface area contributed by atoms with Crippen molar-refractivity contribution in [2.45, 2.75) is 0 Å². The zero-order valence-electron chi connectivity index (χ0n) is 13.6. The summed E-state index contributed by atoms with van der Waals surface area (Å²) in [5, 5.41) is 0. The molecule has 4 rings (SSSR count). The zero-order chi connectivity index (χ0) is 17.1. The highest BCUT2D eigenvalue weighted by Gasteiger charge is 2.08. The quantitative estimate of drug-likeness (QED) is 0.573. The third-order valence-corrected chi connectivity index (χ3v) is 4.13. The summed E-state index contributed by atoms with van der Waals surface area (Å²) in [6.45, 7) is 0. The van der Waals surface area contributed by atoms with E-state index in [2.05, 4.69) is 52.4 Å². The molecule has 4 aromatic rings. The van der Waals surface area contributed by atoms with E-state index in [1.165, 1.54) is 17.5 Å². The Kier molecular flexibility index (Phi) is 3.97. The van der Waals surface area contributed by atoms with Gasteiger partial charge in [0.2, 0.25) is 0 Å². The van der Waals surface area contributed by atoms with Gasteiger partial charge in [0.15, 0.2) is 0 Å². The van der Waals surface area contributed by atoms with Crippen molar-refractivity contribution in [3.05, 3.63) is 91.3 Å². The molecule has 1 aromatic heterocycles. The normalized spacial score (nSPS) is 10.6. The molecule has 0 unspecified atom stereocenters. The van der Waals surface area contributed by atoms with Crippen LogP contribution < -0.4 is 5.73 Å². The van der Waals surface area contributed by atoms with Crippen molar-refractivity contribution in [3.8, 4) is 33.5 Å². The fourth-order valence-electron chi connectivity index (χ4n) is 2.90. The second-order valence-electron chi connectivity index (χ2n) is 5.86. The van der Waals surface area contributed by atoms with E-state index in [0.717, 1.165) is 22.4 Å². The lowest BCUT2D eigenvalue weighted by molar-refractivity contribution is 1.18. The highest BCUT2D eigenvalue weighted by molar-refractivity contribution is 5.80. The third kappa shape index (κ3) is 3.26. The summed E-state index contributed by atoms with van der Waals surface area (Å²) >= 11 is 0. The summed E-state index contributed by atoms with van der Waals surface area (Å²) in [5.41, 5.74) is 12.3. The first-order chi connectivity index (χ1) is 12.3. The maximum Gasteiger partial charge on any atom is 0.127 e. The predicted octanol–water partition coefficient (Wildman–Crippen LogP) is 5.06. The molecule has 0 fully saturated rings. The van der Waals surface area contributed by atoms with E-state index in [4.69, 9.17) is 5.73 Å². The molecule has 0 spiro atoms. The number of anilines is 1. The average molecular weight is 323 g/mol. The monoisotopic (exact) mass is 323 g/mol. The van der Waals surface area contributed by atoms with Crippen LogP contribution in [0.2, 0.25) is 0 Å². The van der Waals surface area contributed by atoms with Gasteiger partial charge in [0.05, 0.1) is 5.69 Å². The third-order valence-electron chi connectivity index (χ3n) is 4.13. The Morgan fingerprint density at radius 2 is 1.04 bits per heavy atom. The van der Waals surface area contributed by atoms with Gasteiger partial charge in [-0.1, -0.05) is 60.7 Å². The van der Waals surface area contributed by atoms with Crippen LogP contribution in [0.3, 0.4) is 0 Å². The Balaban J connectivity index is 1.92. The van der Waals surface area contributed by atoms with Gasteiger partial charge in [0, 0.05) is 11.6 Å². The Hall–Kier alpha value is -3.46. The van der Waals surface area contributed by atoms with E-state index in [1.54, 1.807) is 6.07 Å². The Labute approximate surface area is 146 Å². The molecule has 0 saturated heterocycles. The van der Waals surface area contributed by atoms with Gasteiger partial charge in [-0.15, -0.1) is 0 Å². The predicted molar refractivity (Wildman–Crippen MR) is 103 cm³/mol. The summed E-state index contributed by atoms with van der Waals surface area (Å²) in [5.74, 6) is 0.469. The lowest BCUT2D eigenvalue weighted by atomic mass is 9.95. The second kappa shape index (κ2) is 6.57. The van der Waals surface area contributed by atoms with Crippen LogP contribution in [0.1, 0.15) is 0 Å². The second-order valence-corrected chi connectivity index (χ2v) is 5.86. The number of nitrogen functional groups attached to an aromatic ring is 1. The minimum Gasteiger partial charge on any atom is -0.384 e. The fraction of sp³-hybridized carbons (Fsp3) is 0. The molecule has 3 heteroatoms. The van der Waals surface area contributed by atoms with Crippen molar-refractivity contribution in [1.82, 2.24) is 9.97 Å². The lowest BCUT2D eigenvalue weighted by Crippen LogP contribution is -1.93. The van der Waals surface area contributed by atoms with Gasteiger partial charge in [0.25, 0.3) is 0 Å². The molecule has 0 amide bonds. The molecule has 0 saturated carbocycles. The minimum absolute atomic E-state index is 0.469. The summed E-state index contributed by atoms with van der Waals surface area (Å²) < 4.78 is 0. The average Bonchev–Trinajstić information content (AvgIpc) is 2.69. The molecule has 0 bridgehead atoms. The Morgan fingerprint density at radius 1 is 0.520 bits per heavy atom. The first-order valence-electron chi connectivity index (χ1n) is 8.13. The van der Waals surface area contributed by atoms with Gasteiger partial charge in [0.1, 0.15) is 12.1 Å². The number of benzene rings is 3. The van der Waals surface area contributed by atoms with E-state index >= 15 is 0 Å². The summed E-state index contributed by atoms with van der Waals surface area (Å²) in [6.07, 6.45) is 1.50. The van der Waals surface area contributed by atoms with E-state index in [0.29, 0.717) is 5.82 Å². The molecule has 0 radical (unpaired) electrons. The number of aromatic nitrogens is 2. The molecule has 0 aliphatic heterocycles. The Morgan fingerprint density at radius 3 is 1.56 bits per heavy atom. The molecule has 120 valence electrons. The molecule has 1 heterocycles. The molecular weight excluding hydrogens is 306 g/mol. The van der Waals surface area contributed by atoms with Crippen molar-refractivity contribution in [3.63, 3.8) is 0 Å². The van der Waals surface area contributed by atoms with E-state index < -0.39 is 0 Å². The van der Waals surface area contributed by atoms with E-state index in [9.17, 15) is 0 Å². The van der Waals surface area contributed by atoms with Crippen molar-refractivity contribution in [2.75, 3.05) is 5.73 Å². The zero-order valence-corrected chi connectivity index (χ0v) is 13.6. The Bertz CT molecular complexity index is 938. The highest BCUT2D eigenvalue weighted by atomic mass is 14.9. The standard InChI is InChI=1S/C22H17N3/c23-22-14-21(24-15-25-22)20-12-18(16-7-3-1-4-8-16)11-19(13-20)17-9-5-2-6-10-17/h1-15H,(H2,23,24,25). The molecule has 0 atom stereocenters. The van der Waals surface area contributed by atoms with Crippen molar-refractivity contribution in [2.24, 2.45) is 0 Å². The molecular formula is C22H17N3. The lowest BCUT2D eigenvalue weighted by Gasteiger charge is -2.11. The van der Waals surface area contributed by atoms with Gasteiger partial charge in [-0.05, 0) is 40.5 Å². The topological polar surface area (TPSA) is 51.8 Å². The molecule has 3 aromatic carbocycles. The minimum atomic E-state index is 0.469. The maximum atomic E-state index is 5.84. The first kappa shape index (κ1) is 15.1. The number of hydrogen-bond acceptors (Lipinski definition) is 3. The molecule has 3 nitrogen and oxygen atoms in total. The van der Waals surface area contributed by atoms with Crippen LogP contribution in [0.25, 0.3) is 33.5 Å². The van der Waals surface area contributed by atoms with Gasteiger partial charge >= 0.3 is 0 Å². The summed E-state index contributed by atoms with van der Waals surface area (Å²) in [4.78, 5) is 8.38. The summed E-state index contributed by atoms with van der Waals surface area (Å²) in [7, 11) is 0. The van der Waals surface area contributed by atoms with E-state index in [1.807, 2.05) is 36.4 Å². The van der Waals surface area contributed by atoms with Crippen LogP contribution in [0.15, 0.2) is 91.3 Å². The first-order valence-corrected chi connectivity index (χ1v) is 8.13. The van der Waals surface area contributed by atoms with Gasteiger partial charge < -0.3 is 5.73 Å². The van der Waals surface area contributed by atoms with Crippen molar-refractivity contribution in [1.29, 1.82) is 0 Å². The smallest absolute Gasteiger partial charge is 0.127 e. The molecule has 0 aliphatic carbocycles. The SMILES string of the molecule is Nc1cc(-c2cc(-c3ccccc3)cc(-c3ccccc3)c2)ncn1. The molecule has 25 heavy (non-hydrogen) atoms. The van der Waals surface area contributed by atoms with Crippen LogP contribution in [0.5, 0.6) is 0 Å². The van der Waals surface area contributed by atoms with Gasteiger partial charge in [-0.3, -0.25) is 0 Å². The summed E-state index contributed by atoms with van der Waals surface area (Å²) in [6, 6.07) is 29.0. The molecule has 0 aliphatic rings. The van der Waals surface area contributed by atoms with Crippen molar-refractivity contribution < 1.29 is 0 Å². The molecule has 2 N–H and O–H groups in total. The maximum absolute atomic E-state index is 5.84. The number of rotatable bonds is 3. The van der Waals surface area contributed by atoms with Gasteiger partial charge in [-0.2, -0.15) is 0 Å². The van der Waals surface area contributed by atoms with Crippen LogP contribution in [0.4, 0.5) is 5.82 Å².